The second-order valence-electron chi connectivity index (χ2n) is 4.58. The third kappa shape index (κ3) is 4.86. The average Bonchev–Trinajstić information content (AvgIpc) is 2.30. The first kappa shape index (κ1) is 14.2. The van der Waals surface area contributed by atoms with Crippen molar-refractivity contribution in [1.82, 2.24) is 10.6 Å². The zero-order chi connectivity index (χ0) is 12.7. The normalized spacial score (nSPS) is 10.8. The SMILES string of the molecule is Cc1cc(C)c(CNCCNCCN)cc1C. The molecule has 0 radical (unpaired) electrons. The Morgan fingerprint density at radius 3 is 2.24 bits per heavy atom. The van der Waals surface area contributed by atoms with Crippen LogP contribution in [0.5, 0.6) is 0 Å². The highest BCUT2D eigenvalue weighted by atomic mass is 14.9. The van der Waals surface area contributed by atoms with Gasteiger partial charge in [-0.25, -0.2) is 0 Å². The Balaban J connectivity index is 2.34. The maximum atomic E-state index is 5.40. The summed E-state index contributed by atoms with van der Waals surface area (Å²) < 4.78 is 0. The maximum Gasteiger partial charge on any atom is 0.0208 e. The van der Waals surface area contributed by atoms with E-state index in [0.29, 0.717) is 6.54 Å². The Bertz CT molecular complexity index is 348. The lowest BCUT2D eigenvalue weighted by Gasteiger charge is -2.11. The smallest absolute Gasteiger partial charge is 0.0208 e. The molecule has 0 spiro atoms. The summed E-state index contributed by atoms with van der Waals surface area (Å²) >= 11 is 0. The Labute approximate surface area is 105 Å². The van der Waals surface area contributed by atoms with E-state index in [1.54, 1.807) is 0 Å². The summed E-state index contributed by atoms with van der Waals surface area (Å²) in [6.07, 6.45) is 0. The number of nitrogens with one attached hydrogen (secondary N) is 2. The van der Waals surface area contributed by atoms with Gasteiger partial charge in [0, 0.05) is 32.7 Å². The summed E-state index contributed by atoms with van der Waals surface area (Å²) in [5, 5.41) is 6.71. The molecular weight excluding hydrogens is 210 g/mol. The van der Waals surface area contributed by atoms with E-state index in [1.807, 2.05) is 0 Å². The molecule has 0 fully saturated rings. The van der Waals surface area contributed by atoms with Gasteiger partial charge in [-0.2, -0.15) is 0 Å². The van der Waals surface area contributed by atoms with Crippen molar-refractivity contribution in [3.8, 4) is 0 Å². The van der Waals surface area contributed by atoms with Crippen LogP contribution in [-0.4, -0.2) is 26.2 Å². The van der Waals surface area contributed by atoms with Crippen LogP contribution in [0.3, 0.4) is 0 Å². The van der Waals surface area contributed by atoms with E-state index >= 15 is 0 Å². The third-order valence-corrected chi connectivity index (χ3v) is 3.07. The minimum Gasteiger partial charge on any atom is -0.329 e. The number of nitrogens with two attached hydrogens (primary N) is 1. The summed E-state index contributed by atoms with van der Waals surface area (Å²) in [5.41, 5.74) is 10.9. The first-order valence-electron chi connectivity index (χ1n) is 6.33. The van der Waals surface area contributed by atoms with Gasteiger partial charge in [-0.15, -0.1) is 0 Å². The van der Waals surface area contributed by atoms with Crippen LogP contribution >= 0.6 is 0 Å². The average molecular weight is 235 g/mol. The minimum absolute atomic E-state index is 0.705. The summed E-state index contributed by atoms with van der Waals surface area (Å²) in [5.74, 6) is 0. The molecule has 0 unspecified atom stereocenters. The van der Waals surface area contributed by atoms with E-state index in [4.69, 9.17) is 5.73 Å². The molecule has 0 aliphatic heterocycles. The standard InChI is InChI=1S/C14H25N3/c1-11-8-13(3)14(9-12(11)2)10-17-7-6-16-5-4-15/h8-9,16-17H,4-7,10,15H2,1-3H3. The van der Waals surface area contributed by atoms with Crippen molar-refractivity contribution < 1.29 is 0 Å². The molecule has 0 aliphatic rings. The fourth-order valence-electron chi connectivity index (χ4n) is 1.84. The van der Waals surface area contributed by atoms with Gasteiger partial charge in [0.05, 0.1) is 0 Å². The molecule has 17 heavy (non-hydrogen) atoms. The highest BCUT2D eigenvalue weighted by Gasteiger charge is 2.01. The molecule has 1 aromatic carbocycles. The van der Waals surface area contributed by atoms with Gasteiger partial charge < -0.3 is 16.4 Å². The van der Waals surface area contributed by atoms with Gasteiger partial charge in [0.15, 0.2) is 0 Å². The van der Waals surface area contributed by atoms with Crippen molar-refractivity contribution in [3.05, 3.63) is 34.4 Å². The molecule has 0 saturated carbocycles. The monoisotopic (exact) mass is 235 g/mol. The lowest BCUT2D eigenvalue weighted by Crippen LogP contribution is -2.30. The minimum atomic E-state index is 0.705. The van der Waals surface area contributed by atoms with Crippen molar-refractivity contribution in [1.29, 1.82) is 0 Å². The Hall–Kier alpha value is -0.900. The van der Waals surface area contributed by atoms with Gasteiger partial charge >= 0.3 is 0 Å². The quantitative estimate of drug-likeness (QED) is 0.623. The van der Waals surface area contributed by atoms with Gasteiger partial charge in [-0.1, -0.05) is 12.1 Å². The first-order valence-corrected chi connectivity index (χ1v) is 6.33. The first-order chi connectivity index (χ1) is 8.15. The Morgan fingerprint density at radius 2 is 1.53 bits per heavy atom. The molecular formula is C14H25N3. The molecule has 1 rings (SSSR count). The zero-order valence-electron chi connectivity index (χ0n) is 11.3. The molecule has 0 aliphatic carbocycles. The van der Waals surface area contributed by atoms with Gasteiger partial charge in [-0.3, -0.25) is 0 Å². The third-order valence-electron chi connectivity index (χ3n) is 3.07. The van der Waals surface area contributed by atoms with E-state index in [9.17, 15) is 0 Å². The van der Waals surface area contributed by atoms with Gasteiger partial charge in [0.25, 0.3) is 0 Å². The van der Waals surface area contributed by atoms with Crippen LogP contribution in [0.1, 0.15) is 22.3 Å². The van der Waals surface area contributed by atoms with E-state index < -0.39 is 0 Å². The molecule has 1 aromatic rings. The van der Waals surface area contributed by atoms with E-state index in [0.717, 1.165) is 26.2 Å². The molecule has 3 heteroatoms. The summed E-state index contributed by atoms with van der Waals surface area (Å²) in [4.78, 5) is 0. The molecule has 96 valence electrons. The van der Waals surface area contributed by atoms with Crippen molar-refractivity contribution >= 4 is 0 Å². The number of benzene rings is 1. The van der Waals surface area contributed by atoms with Crippen molar-refractivity contribution in [2.24, 2.45) is 5.73 Å². The second kappa shape index (κ2) is 7.43. The van der Waals surface area contributed by atoms with Crippen LogP contribution in [0.25, 0.3) is 0 Å². The molecule has 0 amide bonds. The van der Waals surface area contributed by atoms with Crippen molar-refractivity contribution in [3.63, 3.8) is 0 Å². The highest BCUT2D eigenvalue weighted by molar-refractivity contribution is 5.36. The van der Waals surface area contributed by atoms with Crippen LogP contribution in [-0.2, 0) is 6.54 Å². The van der Waals surface area contributed by atoms with E-state index in [-0.39, 0.29) is 0 Å². The summed E-state index contributed by atoms with van der Waals surface area (Å²) in [6.45, 7) is 11.0. The van der Waals surface area contributed by atoms with Gasteiger partial charge in [-0.05, 0) is 43.0 Å². The maximum absolute atomic E-state index is 5.40. The largest absolute Gasteiger partial charge is 0.329 e. The van der Waals surface area contributed by atoms with Crippen LogP contribution in [0.4, 0.5) is 0 Å². The summed E-state index contributed by atoms with van der Waals surface area (Å²) in [6, 6.07) is 4.55. The predicted molar refractivity (Wildman–Crippen MR) is 74.3 cm³/mol. The molecule has 4 N–H and O–H groups in total. The lowest BCUT2D eigenvalue weighted by atomic mass is 10.0. The van der Waals surface area contributed by atoms with Crippen LogP contribution < -0.4 is 16.4 Å². The number of hydrogen-bond acceptors (Lipinski definition) is 3. The lowest BCUT2D eigenvalue weighted by molar-refractivity contribution is 0.613. The van der Waals surface area contributed by atoms with Gasteiger partial charge in [0.2, 0.25) is 0 Å². The predicted octanol–water partition coefficient (Wildman–Crippen LogP) is 1.25. The fourth-order valence-corrected chi connectivity index (χ4v) is 1.84. The molecule has 0 aromatic heterocycles. The molecule has 0 saturated heterocycles. The second-order valence-corrected chi connectivity index (χ2v) is 4.58. The Morgan fingerprint density at radius 1 is 0.882 bits per heavy atom. The number of aryl methyl sites for hydroxylation is 3. The van der Waals surface area contributed by atoms with Crippen LogP contribution in [0.2, 0.25) is 0 Å². The molecule has 0 bridgehead atoms. The fraction of sp³-hybridized carbons (Fsp3) is 0.571. The Kier molecular flexibility index (Phi) is 6.19. The van der Waals surface area contributed by atoms with Crippen molar-refractivity contribution in [2.75, 3.05) is 26.2 Å². The van der Waals surface area contributed by atoms with Crippen molar-refractivity contribution in [2.45, 2.75) is 27.3 Å². The number of rotatable bonds is 7. The van der Waals surface area contributed by atoms with E-state index in [1.165, 1.54) is 22.3 Å². The van der Waals surface area contributed by atoms with Crippen LogP contribution in [0, 0.1) is 20.8 Å². The van der Waals surface area contributed by atoms with E-state index in [2.05, 4.69) is 43.5 Å². The van der Waals surface area contributed by atoms with Gasteiger partial charge in [0.1, 0.15) is 0 Å². The summed E-state index contributed by atoms with van der Waals surface area (Å²) in [7, 11) is 0. The zero-order valence-corrected chi connectivity index (χ0v) is 11.3. The molecule has 0 atom stereocenters. The number of hydrogen-bond donors (Lipinski definition) is 3. The van der Waals surface area contributed by atoms with Crippen LogP contribution in [0.15, 0.2) is 12.1 Å². The topological polar surface area (TPSA) is 50.1 Å². The molecule has 0 heterocycles. The molecule has 3 nitrogen and oxygen atoms in total. The highest BCUT2D eigenvalue weighted by Crippen LogP contribution is 2.14.